The van der Waals surface area contributed by atoms with E-state index in [0.29, 0.717) is 40.4 Å². The smallest absolute Gasteiger partial charge is 0.262 e. The second-order valence-corrected chi connectivity index (χ2v) is 8.84. The van der Waals surface area contributed by atoms with Crippen molar-refractivity contribution < 1.29 is 19.1 Å². The normalized spacial score (nSPS) is 10.8. The first-order valence-electron chi connectivity index (χ1n) is 11.9. The summed E-state index contributed by atoms with van der Waals surface area (Å²) in [5.74, 6) is -0.0231. The fourth-order valence-electron chi connectivity index (χ4n) is 3.48. The van der Waals surface area contributed by atoms with Crippen molar-refractivity contribution in [2.45, 2.75) is 19.8 Å². The van der Waals surface area contributed by atoms with Crippen LogP contribution in [-0.2, 0) is 16.0 Å². The number of ether oxygens (including phenoxy) is 2. The second kappa shape index (κ2) is 14.5. The number of hydrogen-bond donors (Lipinski definition) is 2. The molecular weight excluding hydrogens is 534 g/mol. The van der Waals surface area contributed by atoms with Gasteiger partial charge in [-0.05, 0) is 77.2 Å². The lowest BCUT2D eigenvalue weighted by Gasteiger charge is -2.15. The molecule has 7 nitrogen and oxygen atoms in total. The summed E-state index contributed by atoms with van der Waals surface area (Å²) < 4.78 is 12.0. The lowest BCUT2D eigenvalue weighted by molar-refractivity contribution is -0.118. The Morgan fingerprint density at radius 2 is 1.73 bits per heavy atom. The minimum atomic E-state index is -0.442. The van der Waals surface area contributed by atoms with E-state index in [-0.39, 0.29) is 18.1 Å². The van der Waals surface area contributed by atoms with Gasteiger partial charge in [0.1, 0.15) is 11.6 Å². The highest BCUT2D eigenvalue weighted by Gasteiger charge is 2.15. The molecule has 8 heteroatoms. The maximum atomic E-state index is 12.6. The summed E-state index contributed by atoms with van der Waals surface area (Å²) in [6.07, 6.45) is 3.09. The van der Waals surface area contributed by atoms with Crippen molar-refractivity contribution in [3.63, 3.8) is 0 Å². The van der Waals surface area contributed by atoms with Gasteiger partial charge in [-0.3, -0.25) is 9.59 Å². The number of amides is 2. The zero-order valence-electron chi connectivity index (χ0n) is 20.5. The Hall–Kier alpha value is -4.09. The summed E-state index contributed by atoms with van der Waals surface area (Å²) in [6, 6.07) is 24.4. The van der Waals surface area contributed by atoms with Gasteiger partial charge in [0, 0.05) is 12.2 Å². The second-order valence-electron chi connectivity index (χ2n) is 7.98. The molecule has 0 aromatic heterocycles. The van der Waals surface area contributed by atoms with Crippen LogP contribution >= 0.6 is 15.9 Å². The topological polar surface area (TPSA) is 100 Å². The van der Waals surface area contributed by atoms with Gasteiger partial charge >= 0.3 is 0 Å². The predicted octanol–water partition coefficient (Wildman–Crippen LogP) is 5.52. The van der Waals surface area contributed by atoms with Crippen molar-refractivity contribution in [2.75, 3.05) is 25.1 Å². The van der Waals surface area contributed by atoms with E-state index in [9.17, 15) is 14.9 Å². The first kappa shape index (κ1) is 27.5. The molecule has 0 atom stereocenters. The van der Waals surface area contributed by atoms with Gasteiger partial charge in [-0.2, -0.15) is 5.26 Å². The molecule has 2 N–H and O–H groups in total. The average Bonchev–Trinajstić information content (AvgIpc) is 2.90. The van der Waals surface area contributed by atoms with Crippen LogP contribution in [0.3, 0.4) is 0 Å². The monoisotopic (exact) mass is 561 g/mol. The number of hydrogen-bond acceptors (Lipinski definition) is 5. The van der Waals surface area contributed by atoms with E-state index in [4.69, 9.17) is 9.47 Å². The number of halogens is 1. The molecule has 0 bridgehead atoms. The van der Waals surface area contributed by atoms with Gasteiger partial charge in [0.05, 0.1) is 11.1 Å². The van der Waals surface area contributed by atoms with E-state index in [1.807, 2.05) is 61.5 Å². The Balaban J connectivity index is 1.64. The van der Waals surface area contributed by atoms with E-state index in [0.717, 1.165) is 12.8 Å². The minimum Gasteiger partial charge on any atom is -0.490 e. The lowest BCUT2D eigenvalue weighted by Crippen LogP contribution is -2.25. The van der Waals surface area contributed by atoms with E-state index in [1.165, 1.54) is 11.6 Å². The van der Waals surface area contributed by atoms with Gasteiger partial charge in [-0.25, -0.2) is 0 Å². The molecule has 2 amide bonds. The molecule has 3 aromatic carbocycles. The molecule has 0 saturated heterocycles. The molecule has 0 saturated carbocycles. The summed E-state index contributed by atoms with van der Waals surface area (Å²) in [7, 11) is 0. The molecule has 0 heterocycles. The molecule has 0 unspecified atom stereocenters. The number of rotatable bonds is 12. The van der Waals surface area contributed by atoms with Gasteiger partial charge < -0.3 is 20.1 Å². The minimum absolute atomic E-state index is 0.0232. The maximum absolute atomic E-state index is 12.6. The molecule has 3 rings (SSSR count). The van der Waals surface area contributed by atoms with Crippen molar-refractivity contribution in [3.8, 4) is 17.6 Å². The van der Waals surface area contributed by atoms with Gasteiger partial charge in [0.15, 0.2) is 18.1 Å². The highest BCUT2D eigenvalue weighted by atomic mass is 79.9. The van der Waals surface area contributed by atoms with Crippen molar-refractivity contribution in [1.29, 1.82) is 5.26 Å². The van der Waals surface area contributed by atoms with Crippen LogP contribution in [-0.4, -0.2) is 31.6 Å². The third-order valence-corrected chi connectivity index (χ3v) is 5.77. The molecule has 3 aromatic rings. The number of anilines is 1. The van der Waals surface area contributed by atoms with Crippen LogP contribution < -0.4 is 20.1 Å². The SMILES string of the molecule is CCOc1cc(/C=C(/C#N)C(=O)NCCCc2ccccc2)cc(Br)c1OCC(=O)Nc1ccccc1. The molecule has 37 heavy (non-hydrogen) atoms. The molecule has 190 valence electrons. The zero-order chi connectivity index (χ0) is 26.5. The van der Waals surface area contributed by atoms with Crippen molar-refractivity contribution >= 4 is 39.5 Å². The number of aryl methyl sites for hydroxylation is 1. The Kier molecular flexibility index (Phi) is 10.7. The van der Waals surface area contributed by atoms with Gasteiger partial charge in [0.25, 0.3) is 11.8 Å². The van der Waals surface area contributed by atoms with E-state index in [2.05, 4.69) is 26.6 Å². The average molecular weight is 562 g/mol. The lowest BCUT2D eigenvalue weighted by atomic mass is 10.1. The molecule has 0 aliphatic rings. The molecule has 0 aliphatic heterocycles. The number of carbonyl (C=O) groups is 2. The van der Waals surface area contributed by atoms with Crippen LogP contribution in [0, 0.1) is 11.3 Å². The number of carbonyl (C=O) groups excluding carboxylic acids is 2. The van der Waals surface area contributed by atoms with Crippen LogP contribution in [0.25, 0.3) is 6.08 Å². The first-order chi connectivity index (χ1) is 18.0. The molecule has 0 aliphatic carbocycles. The standard InChI is InChI=1S/C29H28BrN3O4/c1-2-36-26-18-22(16-23(19-31)29(35)32-15-9-12-21-10-5-3-6-11-21)17-25(30)28(26)37-20-27(34)33-24-13-7-4-8-14-24/h3-8,10-11,13-14,16-18H,2,9,12,15,20H2,1H3,(H,32,35)(H,33,34)/b23-16-. The highest BCUT2D eigenvalue weighted by molar-refractivity contribution is 9.10. The predicted molar refractivity (Wildman–Crippen MR) is 147 cm³/mol. The number of nitrogens with one attached hydrogen (secondary N) is 2. The third kappa shape index (κ3) is 8.81. The van der Waals surface area contributed by atoms with Crippen LogP contribution in [0.1, 0.15) is 24.5 Å². The largest absolute Gasteiger partial charge is 0.490 e. The van der Waals surface area contributed by atoms with E-state index in [1.54, 1.807) is 24.3 Å². The van der Waals surface area contributed by atoms with E-state index < -0.39 is 5.91 Å². The number of nitriles is 1. The fourth-order valence-corrected chi connectivity index (χ4v) is 4.05. The number of benzene rings is 3. The Bertz CT molecular complexity index is 1270. The van der Waals surface area contributed by atoms with Gasteiger partial charge in [0.2, 0.25) is 0 Å². The molecule has 0 radical (unpaired) electrons. The van der Waals surface area contributed by atoms with Crippen molar-refractivity contribution in [1.82, 2.24) is 5.32 Å². The molecular formula is C29H28BrN3O4. The van der Waals surface area contributed by atoms with Crippen molar-refractivity contribution in [3.05, 3.63) is 94.0 Å². The van der Waals surface area contributed by atoms with E-state index >= 15 is 0 Å². The van der Waals surface area contributed by atoms with Crippen LogP contribution in [0.15, 0.2) is 82.8 Å². The maximum Gasteiger partial charge on any atom is 0.262 e. The summed E-state index contributed by atoms with van der Waals surface area (Å²) in [5.41, 5.74) is 2.42. The van der Waals surface area contributed by atoms with Gasteiger partial charge in [-0.1, -0.05) is 48.5 Å². The highest BCUT2D eigenvalue weighted by Crippen LogP contribution is 2.37. The summed E-state index contributed by atoms with van der Waals surface area (Å²) in [6.45, 7) is 2.42. The summed E-state index contributed by atoms with van der Waals surface area (Å²) >= 11 is 3.46. The van der Waals surface area contributed by atoms with Crippen LogP contribution in [0.2, 0.25) is 0 Å². The van der Waals surface area contributed by atoms with Crippen molar-refractivity contribution in [2.24, 2.45) is 0 Å². The summed E-state index contributed by atoms with van der Waals surface area (Å²) in [4.78, 5) is 24.9. The third-order valence-electron chi connectivity index (χ3n) is 5.18. The number of para-hydroxylation sites is 1. The van der Waals surface area contributed by atoms with Crippen LogP contribution in [0.5, 0.6) is 11.5 Å². The molecule has 0 fully saturated rings. The van der Waals surface area contributed by atoms with Crippen LogP contribution in [0.4, 0.5) is 5.69 Å². The Morgan fingerprint density at radius 1 is 1.03 bits per heavy atom. The Morgan fingerprint density at radius 3 is 2.41 bits per heavy atom. The Labute approximate surface area is 225 Å². The fraction of sp³-hybridized carbons (Fsp3) is 0.207. The first-order valence-corrected chi connectivity index (χ1v) is 12.7. The number of nitrogens with zero attached hydrogens (tertiary/aromatic N) is 1. The van der Waals surface area contributed by atoms with Gasteiger partial charge in [-0.15, -0.1) is 0 Å². The summed E-state index contributed by atoms with van der Waals surface area (Å²) in [5, 5.41) is 15.1. The molecule has 0 spiro atoms. The zero-order valence-corrected chi connectivity index (χ0v) is 22.1. The quantitative estimate of drug-likeness (QED) is 0.172.